The summed E-state index contributed by atoms with van der Waals surface area (Å²) in [4.78, 5) is 36.6. The van der Waals surface area contributed by atoms with E-state index in [4.69, 9.17) is 0 Å². The van der Waals surface area contributed by atoms with Gasteiger partial charge >= 0.3 is 0 Å². The van der Waals surface area contributed by atoms with Crippen LogP contribution in [0.1, 0.15) is 53.5 Å². The number of hydrogen-bond donors (Lipinski definition) is 1. The van der Waals surface area contributed by atoms with Crippen molar-refractivity contribution in [2.24, 2.45) is 0 Å². The molecular weight excluding hydrogens is 306 g/mol. The summed E-state index contributed by atoms with van der Waals surface area (Å²) < 4.78 is 1.51. The van der Waals surface area contributed by atoms with E-state index in [0.717, 1.165) is 24.2 Å². The maximum atomic E-state index is 12.2. The summed E-state index contributed by atoms with van der Waals surface area (Å²) in [5, 5.41) is 2.73. The van der Waals surface area contributed by atoms with Gasteiger partial charge in [0.05, 0.1) is 23.9 Å². The van der Waals surface area contributed by atoms with Gasteiger partial charge in [-0.15, -0.1) is 0 Å². The van der Waals surface area contributed by atoms with Gasteiger partial charge in [0, 0.05) is 31.3 Å². The molecule has 1 amide bonds. The molecule has 7 nitrogen and oxygen atoms in total. The van der Waals surface area contributed by atoms with Crippen LogP contribution >= 0.6 is 0 Å². The van der Waals surface area contributed by atoms with Crippen molar-refractivity contribution in [3.8, 4) is 0 Å². The predicted octanol–water partition coefficient (Wildman–Crippen LogP) is 1.43. The lowest BCUT2D eigenvalue weighted by atomic mass is 10.0. The first kappa shape index (κ1) is 16.3. The first-order valence-electron chi connectivity index (χ1n) is 8.27. The van der Waals surface area contributed by atoms with Crippen molar-refractivity contribution in [2.45, 2.75) is 45.1 Å². The minimum atomic E-state index is -0.300. The third kappa shape index (κ3) is 3.84. The number of nitrogens with one attached hydrogen (secondary N) is 1. The van der Waals surface area contributed by atoms with Gasteiger partial charge in [0.25, 0.3) is 11.5 Å². The molecule has 2 aromatic rings. The van der Waals surface area contributed by atoms with Crippen LogP contribution in [0.15, 0.2) is 29.6 Å². The first-order valence-corrected chi connectivity index (χ1v) is 8.27. The molecule has 0 aliphatic heterocycles. The van der Waals surface area contributed by atoms with Gasteiger partial charge < -0.3 is 5.32 Å². The third-order valence-corrected chi connectivity index (χ3v) is 4.33. The Kier molecular flexibility index (Phi) is 4.98. The average Bonchev–Trinajstić information content (AvgIpc) is 3.11. The third-order valence-electron chi connectivity index (χ3n) is 4.33. The molecule has 0 atom stereocenters. The Bertz CT molecular complexity index is 763. The number of aryl methyl sites for hydroxylation is 1. The number of hydrogen-bond acceptors (Lipinski definition) is 5. The van der Waals surface area contributed by atoms with Gasteiger partial charge in [0.1, 0.15) is 5.69 Å². The molecule has 1 saturated carbocycles. The molecule has 24 heavy (non-hydrogen) atoms. The van der Waals surface area contributed by atoms with Crippen LogP contribution in [0.3, 0.4) is 0 Å². The molecule has 0 spiro atoms. The van der Waals surface area contributed by atoms with Crippen molar-refractivity contribution in [2.75, 3.05) is 6.54 Å². The highest BCUT2D eigenvalue weighted by atomic mass is 16.2. The highest BCUT2D eigenvalue weighted by Gasteiger charge is 2.18. The number of nitrogens with zero attached hydrogens (tertiary/aromatic N) is 4. The standard InChI is InChI=1S/C17H21N5O2/c1-12-9-20-15(10-19-12)17(24)18-6-7-22-11-21-14(8-16(22)23)13-4-2-3-5-13/h8-11,13H,2-7H2,1H3,(H,18,24). The predicted molar refractivity (Wildman–Crippen MR) is 88.8 cm³/mol. The molecule has 0 radical (unpaired) electrons. The Morgan fingerprint density at radius 2 is 2.04 bits per heavy atom. The molecule has 1 aliphatic carbocycles. The SMILES string of the molecule is Cc1cnc(C(=O)NCCn2cnc(C3CCCC3)cc2=O)cn1. The van der Waals surface area contributed by atoms with Gasteiger partial charge in [-0.25, -0.2) is 9.97 Å². The lowest BCUT2D eigenvalue weighted by molar-refractivity contribution is 0.0946. The maximum Gasteiger partial charge on any atom is 0.271 e. The van der Waals surface area contributed by atoms with Crippen LogP contribution in [0.2, 0.25) is 0 Å². The molecule has 1 N–H and O–H groups in total. The molecule has 0 unspecified atom stereocenters. The number of carbonyl (C=O) groups excluding carboxylic acids is 1. The summed E-state index contributed by atoms with van der Waals surface area (Å²) in [6, 6.07) is 1.63. The fourth-order valence-electron chi connectivity index (χ4n) is 2.94. The highest BCUT2D eigenvalue weighted by Crippen LogP contribution is 2.32. The second kappa shape index (κ2) is 7.33. The summed E-state index contributed by atoms with van der Waals surface area (Å²) in [5.41, 5.74) is 1.85. The second-order valence-electron chi connectivity index (χ2n) is 6.13. The Morgan fingerprint density at radius 3 is 2.71 bits per heavy atom. The average molecular weight is 327 g/mol. The zero-order valence-electron chi connectivity index (χ0n) is 13.7. The van der Waals surface area contributed by atoms with Gasteiger partial charge in [0.2, 0.25) is 0 Å². The van der Waals surface area contributed by atoms with Crippen molar-refractivity contribution < 1.29 is 4.79 Å². The molecular formula is C17H21N5O2. The zero-order valence-corrected chi connectivity index (χ0v) is 13.7. The first-order chi connectivity index (χ1) is 11.6. The Morgan fingerprint density at radius 1 is 1.25 bits per heavy atom. The normalized spacial score (nSPS) is 14.7. The molecule has 126 valence electrons. The highest BCUT2D eigenvalue weighted by molar-refractivity contribution is 5.91. The van der Waals surface area contributed by atoms with Gasteiger partial charge in [-0.05, 0) is 19.8 Å². The fourth-order valence-corrected chi connectivity index (χ4v) is 2.94. The molecule has 2 heterocycles. The monoisotopic (exact) mass is 327 g/mol. The van der Waals surface area contributed by atoms with Gasteiger partial charge in [0.15, 0.2) is 0 Å². The molecule has 0 bridgehead atoms. The molecule has 2 aromatic heterocycles. The van der Waals surface area contributed by atoms with Crippen LogP contribution in [0.4, 0.5) is 0 Å². The van der Waals surface area contributed by atoms with E-state index >= 15 is 0 Å². The fraction of sp³-hybridized carbons (Fsp3) is 0.471. The quantitative estimate of drug-likeness (QED) is 0.897. The number of aromatic nitrogens is 4. The minimum Gasteiger partial charge on any atom is -0.349 e. The molecule has 1 aliphatic rings. The maximum absolute atomic E-state index is 12.2. The van der Waals surface area contributed by atoms with E-state index in [9.17, 15) is 9.59 Å². The molecule has 7 heteroatoms. The lowest BCUT2D eigenvalue weighted by Gasteiger charge is -2.10. The van der Waals surface area contributed by atoms with E-state index in [1.807, 2.05) is 6.92 Å². The number of carbonyl (C=O) groups is 1. The molecule has 3 rings (SSSR count). The van der Waals surface area contributed by atoms with E-state index in [0.29, 0.717) is 19.0 Å². The van der Waals surface area contributed by atoms with E-state index < -0.39 is 0 Å². The van der Waals surface area contributed by atoms with Crippen LogP contribution in [0.25, 0.3) is 0 Å². The molecule has 1 fully saturated rings. The summed E-state index contributed by atoms with van der Waals surface area (Å²) in [6.45, 7) is 2.52. The van der Waals surface area contributed by atoms with Crippen molar-refractivity contribution in [1.82, 2.24) is 24.8 Å². The zero-order chi connectivity index (χ0) is 16.9. The van der Waals surface area contributed by atoms with Gasteiger partial charge in [-0.3, -0.25) is 19.1 Å². The van der Waals surface area contributed by atoms with Crippen molar-refractivity contribution >= 4 is 5.91 Å². The Labute approximate surface area is 140 Å². The summed E-state index contributed by atoms with van der Waals surface area (Å²) in [5.74, 6) is 0.123. The topological polar surface area (TPSA) is 89.8 Å². The summed E-state index contributed by atoms with van der Waals surface area (Å²) in [6.07, 6.45) is 9.22. The van der Waals surface area contributed by atoms with Crippen molar-refractivity contribution in [3.05, 3.63) is 52.2 Å². The largest absolute Gasteiger partial charge is 0.349 e. The van der Waals surface area contributed by atoms with Gasteiger partial charge in [-0.2, -0.15) is 0 Å². The van der Waals surface area contributed by atoms with Crippen LogP contribution in [-0.4, -0.2) is 32.0 Å². The van der Waals surface area contributed by atoms with Crippen LogP contribution in [0.5, 0.6) is 0 Å². The number of amides is 1. The molecule has 0 saturated heterocycles. The van der Waals surface area contributed by atoms with Crippen LogP contribution in [0, 0.1) is 6.92 Å². The van der Waals surface area contributed by atoms with Crippen molar-refractivity contribution in [3.63, 3.8) is 0 Å². The second-order valence-corrected chi connectivity index (χ2v) is 6.13. The Hall–Kier alpha value is -2.57. The van der Waals surface area contributed by atoms with Crippen LogP contribution < -0.4 is 10.9 Å². The summed E-state index contributed by atoms with van der Waals surface area (Å²) in [7, 11) is 0. The summed E-state index contributed by atoms with van der Waals surface area (Å²) >= 11 is 0. The van der Waals surface area contributed by atoms with Gasteiger partial charge in [-0.1, -0.05) is 12.8 Å². The smallest absolute Gasteiger partial charge is 0.271 e. The Balaban J connectivity index is 1.55. The van der Waals surface area contributed by atoms with E-state index in [-0.39, 0.29) is 17.2 Å². The van der Waals surface area contributed by atoms with Crippen LogP contribution in [-0.2, 0) is 6.54 Å². The van der Waals surface area contributed by atoms with E-state index in [2.05, 4.69) is 20.3 Å². The minimum absolute atomic E-state index is 0.0729. The number of rotatable bonds is 5. The van der Waals surface area contributed by atoms with E-state index in [1.54, 1.807) is 18.6 Å². The van der Waals surface area contributed by atoms with Crippen molar-refractivity contribution in [1.29, 1.82) is 0 Å². The lowest BCUT2D eigenvalue weighted by Crippen LogP contribution is -2.31. The molecule has 0 aromatic carbocycles. The van der Waals surface area contributed by atoms with E-state index in [1.165, 1.54) is 23.6 Å².